The molecule has 0 unspecified atom stereocenters. The van der Waals surface area contributed by atoms with Gasteiger partial charge in [0.05, 0.1) is 0 Å². The van der Waals surface area contributed by atoms with E-state index in [4.69, 9.17) is 0 Å². The van der Waals surface area contributed by atoms with Crippen molar-refractivity contribution in [1.82, 2.24) is 4.98 Å². The molecule has 0 radical (unpaired) electrons. The van der Waals surface area contributed by atoms with E-state index in [1.54, 1.807) is 18.0 Å². The Morgan fingerprint density at radius 3 is 2.67 bits per heavy atom. The number of hydrogen-bond acceptors (Lipinski definition) is 3. The summed E-state index contributed by atoms with van der Waals surface area (Å²) in [4.78, 5) is 16.8. The Bertz CT molecular complexity index is 355. The molecule has 0 aliphatic carbocycles. The Hall–Kier alpha value is -0.830. The third-order valence-electron chi connectivity index (χ3n) is 1.77. The van der Waals surface area contributed by atoms with Gasteiger partial charge in [-0.25, -0.2) is 0 Å². The van der Waals surface area contributed by atoms with Gasteiger partial charge < -0.3 is 0 Å². The average molecular weight is 223 g/mol. The zero-order chi connectivity index (χ0) is 11.5. The fourth-order valence-corrected chi connectivity index (χ4v) is 2.25. The van der Waals surface area contributed by atoms with Crippen LogP contribution in [0.15, 0.2) is 23.2 Å². The maximum atomic E-state index is 11.6. The molecule has 0 bridgehead atoms. The van der Waals surface area contributed by atoms with Crippen molar-refractivity contribution in [3.05, 3.63) is 24.0 Å². The number of carbonyl (C=O) groups excluding carboxylic acids is 1. The smallest absolute Gasteiger partial charge is 0.182 e. The predicted molar refractivity (Wildman–Crippen MR) is 64.5 cm³/mol. The van der Waals surface area contributed by atoms with Crippen molar-refractivity contribution < 1.29 is 4.79 Å². The number of pyridine rings is 1. The summed E-state index contributed by atoms with van der Waals surface area (Å²) in [5.74, 6) is 0.113. The monoisotopic (exact) mass is 223 g/mol. The molecule has 0 spiro atoms. The molecule has 0 amide bonds. The second-order valence-corrected chi connectivity index (χ2v) is 6.21. The van der Waals surface area contributed by atoms with Crippen molar-refractivity contribution in [3.63, 3.8) is 0 Å². The Kier molecular flexibility index (Phi) is 3.91. The van der Waals surface area contributed by atoms with Crippen LogP contribution < -0.4 is 0 Å². The lowest BCUT2D eigenvalue weighted by Gasteiger charge is -2.18. The van der Waals surface area contributed by atoms with Crippen LogP contribution in [0.5, 0.6) is 0 Å². The van der Waals surface area contributed by atoms with E-state index in [1.807, 2.05) is 19.1 Å². The van der Waals surface area contributed by atoms with Crippen LogP contribution in [0.3, 0.4) is 0 Å². The fraction of sp³-hybridized carbons (Fsp3) is 0.500. The van der Waals surface area contributed by atoms with Gasteiger partial charge in [0.15, 0.2) is 5.78 Å². The van der Waals surface area contributed by atoms with Gasteiger partial charge in [-0.3, -0.25) is 9.78 Å². The summed E-state index contributed by atoms with van der Waals surface area (Å²) in [6.45, 7) is 8.25. The third kappa shape index (κ3) is 3.67. The fourth-order valence-electron chi connectivity index (χ4n) is 1.18. The van der Waals surface area contributed by atoms with Gasteiger partial charge in [-0.15, -0.1) is 11.8 Å². The maximum absolute atomic E-state index is 11.6. The molecule has 1 aromatic rings. The molecule has 3 heteroatoms. The Morgan fingerprint density at radius 2 is 2.13 bits per heavy atom. The van der Waals surface area contributed by atoms with E-state index >= 15 is 0 Å². The SMILES string of the molecule is CCC(=O)c1ncccc1SC(C)(C)C. The molecule has 15 heavy (non-hydrogen) atoms. The van der Waals surface area contributed by atoms with Crippen molar-refractivity contribution in [2.45, 2.75) is 43.8 Å². The molecule has 1 rings (SSSR count). The molecule has 82 valence electrons. The predicted octanol–water partition coefficient (Wildman–Crippen LogP) is 3.56. The minimum absolute atomic E-state index is 0.103. The molecule has 0 saturated carbocycles. The number of nitrogens with zero attached hydrogens (tertiary/aromatic N) is 1. The minimum atomic E-state index is 0.103. The lowest BCUT2D eigenvalue weighted by Crippen LogP contribution is -2.10. The van der Waals surface area contributed by atoms with Crippen LogP contribution >= 0.6 is 11.8 Å². The first-order valence-corrected chi connectivity index (χ1v) is 5.93. The Balaban J connectivity index is 3.02. The highest BCUT2D eigenvalue weighted by Crippen LogP contribution is 2.33. The molecule has 0 fully saturated rings. The summed E-state index contributed by atoms with van der Waals surface area (Å²) < 4.78 is 0.103. The highest BCUT2D eigenvalue weighted by atomic mass is 32.2. The van der Waals surface area contributed by atoms with E-state index in [0.29, 0.717) is 12.1 Å². The summed E-state index contributed by atoms with van der Waals surface area (Å²) in [6.07, 6.45) is 2.18. The summed E-state index contributed by atoms with van der Waals surface area (Å²) in [5.41, 5.74) is 0.611. The molecule has 0 aliphatic rings. The molecule has 2 nitrogen and oxygen atoms in total. The van der Waals surface area contributed by atoms with Crippen molar-refractivity contribution in [2.75, 3.05) is 0 Å². The average Bonchev–Trinajstić information content (AvgIpc) is 2.15. The number of Topliss-reactive ketones (excluding diaryl/α,β-unsaturated/α-hetero) is 1. The van der Waals surface area contributed by atoms with Gasteiger partial charge in [0.25, 0.3) is 0 Å². The molecule has 1 heterocycles. The summed E-state index contributed by atoms with van der Waals surface area (Å²) in [6, 6.07) is 3.84. The number of hydrogen-bond donors (Lipinski definition) is 0. The van der Waals surface area contributed by atoms with E-state index < -0.39 is 0 Å². The van der Waals surface area contributed by atoms with Gasteiger partial charge in [-0.2, -0.15) is 0 Å². The molecule has 0 aliphatic heterocycles. The summed E-state index contributed by atoms with van der Waals surface area (Å²) in [7, 11) is 0. The largest absolute Gasteiger partial charge is 0.292 e. The highest BCUT2D eigenvalue weighted by molar-refractivity contribution is 8.00. The number of aromatic nitrogens is 1. The van der Waals surface area contributed by atoms with E-state index in [9.17, 15) is 4.79 Å². The van der Waals surface area contributed by atoms with Crippen LogP contribution in [-0.2, 0) is 0 Å². The molecular weight excluding hydrogens is 206 g/mol. The highest BCUT2D eigenvalue weighted by Gasteiger charge is 2.17. The van der Waals surface area contributed by atoms with Crippen molar-refractivity contribution in [3.8, 4) is 0 Å². The second-order valence-electron chi connectivity index (χ2n) is 4.34. The van der Waals surface area contributed by atoms with Gasteiger partial charge in [0.2, 0.25) is 0 Å². The van der Waals surface area contributed by atoms with Crippen LogP contribution in [0.2, 0.25) is 0 Å². The summed E-state index contributed by atoms with van der Waals surface area (Å²) >= 11 is 1.69. The van der Waals surface area contributed by atoms with Crippen LogP contribution in [0, 0.1) is 0 Å². The number of thioether (sulfide) groups is 1. The van der Waals surface area contributed by atoms with E-state index in [2.05, 4.69) is 25.8 Å². The topological polar surface area (TPSA) is 30.0 Å². The number of rotatable bonds is 3. The molecule has 0 saturated heterocycles. The van der Waals surface area contributed by atoms with Crippen LogP contribution in [0.1, 0.15) is 44.6 Å². The second kappa shape index (κ2) is 4.79. The zero-order valence-electron chi connectivity index (χ0n) is 9.70. The van der Waals surface area contributed by atoms with Gasteiger partial charge in [-0.1, -0.05) is 27.7 Å². The Morgan fingerprint density at radius 1 is 1.47 bits per heavy atom. The van der Waals surface area contributed by atoms with Gasteiger partial charge in [0.1, 0.15) is 5.69 Å². The first-order chi connectivity index (χ1) is 6.94. The maximum Gasteiger partial charge on any atom is 0.182 e. The van der Waals surface area contributed by atoms with Crippen molar-refractivity contribution in [2.24, 2.45) is 0 Å². The number of carbonyl (C=O) groups is 1. The van der Waals surface area contributed by atoms with Crippen LogP contribution in [0.25, 0.3) is 0 Å². The lowest BCUT2D eigenvalue weighted by molar-refractivity contribution is 0.0980. The Labute approximate surface area is 95.5 Å². The van der Waals surface area contributed by atoms with Gasteiger partial charge in [-0.05, 0) is 12.1 Å². The third-order valence-corrected chi connectivity index (χ3v) is 2.93. The quantitative estimate of drug-likeness (QED) is 0.579. The van der Waals surface area contributed by atoms with Crippen molar-refractivity contribution >= 4 is 17.5 Å². The zero-order valence-corrected chi connectivity index (χ0v) is 10.5. The standard InChI is InChI=1S/C12H17NOS/c1-5-9(14)11-10(7-6-8-13-11)15-12(2,3)4/h6-8H,5H2,1-4H3. The number of ketones is 1. The summed E-state index contributed by atoms with van der Waals surface area (Å²) in [5, 5.41) is 0. The first kappa shape index (κ1) is 12.2. The van der Waals surface area contributed by atoms with E-state index in [0.717, 1.165) is 4.90 Å². The molecule has 0 atom stereocenters. The van der Waals surface area contributed by atoms with Crippen molar-refractivity contribution in [1.29, 1.82) is 0 Å². The molecule has 0 N–H and O–H groups in total. The normalized spacial score (nSPS) is 11.5. The van der Waals surface area contributed by atoms with Crippen LogP contribution in [-0.4, -0.2) is 15.5 Å². The lowest BCUT2D eigenvalue weighted by atomic mass is 10.2. The van der Waals surface area contributed by atoms with E-state index in [1.165, 1.54) is 0 Å². The first-order valence-electron chi connectivity index (χ1n) is 5.11. The molecule has 0 aromatic carbocycles. The van der Waals surface area contributed by atoms with Crippen LogP contribution in [0.4, 0.5) is 0 Å². The minimum Gasteiger partial charge on any atom is -0.292 e. The van der Waals surface area contributed by atoms with E-state index in [-0.39, 0.29) is 10.5 Å². The van der Waals surface area contributed by atoms with Gasteiger partial charge >= 0.3 is 0 Å². The molecular formula is C12H17NOS. The van der Waals surface area contributed by atoms with Gasteiger partial charge in [0, 0.05) is 22.3 Å². The molecule has 1 aromatic heterocycles.